The van der Waals surface area contributed by atoms with E-state index in [9.17, 15) is 14.4 Å². The van der Waals surface area contributed by atoms with E-state index < -0.39 is 5.92 Å². The van der Waals surface area contributed by atoms with Gasteiger partial charge in [0.25, 0.3) is 0 Å². The fraction of sp³-hybridized carbons (Fsp3) is 0.300. The van der Waals surface area contributed by atoms with Crippen molar-refractivity contribution in [2.24, 2.45) is 5.92 Å². The maximum atomic E-state index is 13.7. The Balaban J connectivity index is 1.41. The molecule has 2 unspecified atom stereocenters. The van der Waals surface area contributed by atoms with E-state index in [-0.39, 0.29) is 23.8 Å². The highest BCUT2D eigenvalue weighted by atomic mass is 16.2. The molecule has 3 amide bonds. The topological polar surface area (TPSA) is 69.7 Å². The normalized spacial score (nSPS) is 20.3. The van der Waals surface area contributed by atoms with Crippen molar-refractivity contribution in [1.29, 1.82) is 0 Å². The molecule has 2 saturated heterocycles. The van der Waals surface area contributed by atoms with E-state index in [1.807, 2.05) is 89.8 Å². The van der Waals surface area contributed by atoms with Crippen LogP contribution in [0.1, 0.15) is 49.3 Å². The zero-order valence-electron chi connectivity index (χ0n) is 20.3. The van der Waals surface area contributed by atoms with Crippen LogP contribution in [0.5, 0.6) is 0 Å². The van der Waals surface area contributed by atoms with Crippen LogP contribution in [-0.2, 0) is 20.9 Å². The number of anilines is 2. The molecule has 1 N–H and O–H groups in total. The number of hydrogen-bond acceptors (Lipinski definition) is 3. The van der Waals surface area contributed by atoms with Gasteiger partial charge in [0.2, 0.25) is 17.7 Å². The number of amides is 3. The molecule has 2 fully saturated rings. The molecule has 0 aromatic heterocycles. The summed E-state index contributed by atoms with van der Waals surface area (Å²) in [5.41, 5.74) is 3.46. The van der Waals surface area contributed by atoms with Crippen LogP contribution in [0.2, 0.25) is 0 Å². The van der Waals surface area contributed by atoms with Gasteiger partial charge in [0.15, 0.2) is 0 Å². The van der Waals surface area contributed by atoms with Crippen LogP contribution in [-0.4, -0.2) is 29.2 Å². The number of nitrogens with zero attached hydrogens (tertiary/aromatic N) is 2. The minimum absolute atomic E-state index is 0.0577. The molecule has 3 aromatic carbocycles. The van der Waals surface area contributed by atoms with Gasteiger partial charge in [-0.25, -0.2) is 0 Å². The Morgan fingerprint density at radius 2 is 1.58 bits per heavy atom. The molecular weight excluding hydrogens is 450 g/mol. The molecule has 6 nitrogen and oxygen atoms in total. The molecule has 2 aliphatic rings. The molecule has 2 aliphatic heterocycles. The van der Waals surface area contributed by atoms with Crippen LogP contribution in [0.15, 0.2) is 84.9 Å². The van der Waals surface area contributed by atoms with E-state index in [2.05, 4.69) is 5.32 Å². The van der Waals surface area contributed by atoms with Crippen LogP contribution >= 0.6 is 0 Å². The Morgan fingerprint density at radius 3 is 2.33 bits per heavy atom. The Hall–Kier alpha value is -3.93. The third-order valence-corrected chi connectivity index (χ3v) is 7.13. The quantitative estimate of drug-likeness (QED) is 0.518. The van der Waals surface area contributed by atoms with Gasteiger partial charge in [-0.15, -0.1) is 0 Å². The van der Waals surface area contributed by atoms with Gasteiger partial charge in [0.05, 0.1) is 12.0 Å². The molecule has 2 heterocycles. The van der Waals surface area contributed by atoms with Crippen LogP contribution in [0, 0.1) is 5.92 Å². The average Bonchev–Trinajstić information content (AvgIpc) is 2.91. The van der Waals surface area contributed by atoms with Gasteiger partial charge in [-0.3, -0.25) is 14.4 Å². The van der Waals surface area contributed by atoms with Crippen molar-refractivity contribution in [3.63, 3.8) is 0 Å². The van der Waals surface area contributed by atoms with Gasteiger partial charge in [0, 0.05) is 37.3 Å². The number of rotatable bonds is 6. The molecule has 0 bridgehead atoms. The molecule has 184 valence electrons. The van der Waals surface area contributed by atoms with Crippen LogP contribution in [0.3, 0.4) is 0 Å². The zero-order chi connectivity index (χ0) is 24.9. The molecule has 0 radical (unpaired) electrons. The molecule has 0 aliphatic carbocycles. The first kappa shape index (κ1) is 23.8. The fourth-order valence-electron chi connectivity index (χ4n) is 5.32. The van der Waals surface area contributed by atoms with Crippen LogP contribution < -0.4 is 10.2 Å². The van der Waals surface area contributed by atoms with Gasteiger partial charge in [-0.2, -0.15) is 0 Å². The lowest BCUT2D eigenvalue weighted by atomic mass is 9.83. The first-order chi connectivity index (χ1) is 17.6. The summed E-state index contributed by atoms with van der Waals surface area (Å²) in [6.45, 7) is 1.15. The van der Waals surface area contributed by atoms with Crippen molar-refractivity contribution in [1.82, 2.24) is 4.90 Å². The number of likely N-dealkylation sites (tertiary alicyclic amines) is 1. The summed E-state index contributed by atoms with van der Waals surface area (Å²) in [4.78, 5) is 42.8. The summed E-state index contributed by atoms with van der Waals surface area (Å²) in [5.74, 6) is -0.329. The summed E-state index contributed by atoms with van der Waals surface area (Å²) in [5, 5.41) is 3.09. The second kappa shape index (κ2) is 10.8. The summed E-state index contributed by atoms with van der Waals surface area (Å²) >= 11 is 0. The van der Waals surface area contributed by atoms with Crippen LogP contribution in [0.25, 0.3) is 0 Å². The highest BCUT2D eigenvalue weighted by molar-refractivity contribution is 5.97. The Labute approximate surface area is 211 Å². The maximum absolute atomic E-state index is 13.7. The Bertz CT molecular complexity index is 1230. The van der Waals surface area contributed by atoms with Crippen molar-refractivity contribution in [2.45, 2.75) is 44.7 Å². The molecule has 36 heavy (non-hydrogen) atoms. The van der Waals surface area contributed by atoms with Crippen molar-refractivity contribution < 1.29 is 14.4 Å². The number of benzene rings is 3. The van der Waals surface area contributed by atoms with E-state index in [1.54, 1.807) is 4.90 Å². The monoisotopic (exact) mass is 481 g/mol. The van der Waals surface area contributed by atoms with Crippen molar-refractivity contribution in [3.05, 3.63) is 96.1 Å². The largest absolute Gasteiger partial charge is 0.331 e. The molecular formula is C30H31N3O3. The molecule has 0 spiro atoms. The van der Waals surface area contributed by atoms with Crippen molar-refractivity contribution in [3.8, 4) is 0 Å². The van der Waals surface area contributed by atoms with E-state index >= 15 is 0 Å². The molecule has 0 saturated carbocycles. The lowest BCUT2D eigenvalue weighted by molar-refractivity contribution is -0.143. The van der Waals surface area contributed by atoms with Crippen molar-refractivity contribution in [2.75, 3.05) is 16.8 Å². The molecule has 5 rings (SSSR count). The van der Waals surface area contributed by atoms with E-state index in [4.69, 9.17) is 0 Å². The summed E-state index contributed by atoms with van der Waals surface area (Å²) < 4.78 is 0. The van der Waals surface area contributed by atoms with E-state index in [0.717, 1.165) is 29.7 Å². The van der Waals surface area contributed by atoms with E-state index in [1.165, 1.54) is 0 Å². The predicted octanol–water partition coefficient (Wildman–Crippen LogP) is 5.32. The average molecular weight is 482 g/mol. The first-order valence-electron chi connectivity index (χ1n) is 12.7. The highest BCUT2D eigenvalue weighted by Crippen LogP contribution is 2.38. The number of hydrogen-bond donors (Lipinski definition) is 1. The second-order valence-electron chi connectivity index (χ2n) is 9.55. The number of piperidine rings is 2. The third-order valence-electron chi connectivity index (χ3n) is 7.13. The van der Waals surface area contributed by atoms with Gasteiger partial charge in [-0.05, 0) is 48.6 Å². The third kappa shape index (κ3) is 5.18. The number of nitrogens with one attached hydrogen (secondary N) is 1. The highest BCUT2D eigenvalue weighted by Gasteiger charge is 2.40. The number of carbonyl (C=O) groups is 3. The van der Waals surface area contributed by atoms with Crippen molar-refractivity contribution >= 4 is 29.1 Å². The minimum Gasteiger partial charge on any atom is -0.331 e. The standard InChI is InChI=1S/C30H31N3O3/c34-27-16-7-8-19-32(27)25-15-9-14-24(20-25)31-30(36)26-17-18-28(35)33(21-22-10-3-1-4-11-22)29(26)23-12-5-2-6-13-23/h1-6,9-15,20,26,29H,7-8,16-19,21H2,(H,31,36). The van der Waals surface area contributed by atoms with Crippen LogP contribution in [0.4, 0.5) is 11.4 Å². The van der Waals surface area contributed by atoms with Gasteiger partial charge >= 0.3 is 0 Å². The van der Waals surface area contributed by atoms with Gasteiger partial charge < -0.3 is 15.1 Å². The lowest BCUT2D eigenvalue weighted by Crippen LogP contribution is -2.46. The molecule has 3 aromatic rings. The lowest BCUT2D eigenvalue weighted by Gasteiger charge is -2.41. The molecule has 6 heteroatoms. The SMILES string of the molecule is O=C(Nc1cccc(N2CCCCC2=O)c1)C1CCC(=O)N(Cc2ccccc2)C1c1ccccc1. The number of carbonyl (C=O) groups excluding carboxylic acids is 3. The minimum atomic E-state index is -0.394. The predicted molar refractivity (Wildman–Crippen MR) is 140 cm³/mol. The fourth-order valence-corrected chi connectivity index (χ4v) is 5.32. The van der Waals surface area contributed by atoms with Gasteiger partial charge in [-0.1, -0.05) is 66.7 Å². The first-order valence-corrected chi connectivity index (χ1v) is 12.7. The summed E-state index contributed by atoms with van der Waals surface area (Å²) in [6.07, 6.45) is 3.28. The molecule has 2 atom stereocenters. The Morgan fingerprint density at radius 1 is 0.833 bits per heavy atom. The second-order valence-corrected chi connectivity index (χ2v) is 9.55. The Kier molecular flexibility index (Phi) is 7.12. The maximum Gasteiger partial charge on any atom is 0.229 e. The van der Waals surface area contributed by atoms with Gasteiger partial charge in [0.1, 0.15) is 0 Å². The summed E-state index contributed by atoms with van der Waals surface area (Å²) in [6, 6.07) is 26.9. The summed E-state index contributed by atoms with van der Waals surface area (Å²) in [7, 11) is 0. The smallest absolute Gasteiger partial charge is 0.229 e. The zero-order valence-corrected chi connectivity index (χ0v) is 20.3. The van der Waals surface area contributed by atoms with E-state index in [0.29, 0.717) is 38.0 Å².